The molecule has 0 aliphatic carbocycles. The molecular weight excluding hydrogens is 234 g/mol. The lowest BCUT2D eigenvalue weighted by molar-refractivity contribution is 0.0690. The van der Waals surface area contributed by atoms with E-state index in [1.54, 1.807) is 7.05 Å². The zero-order chi connectivity index (χ0) is 13.5. The molecule has 98 valence electrons. The second-order valence-electron chi connectivity index (χ2n) is 3.90. The van der Waals surface area contributed by atoms with Crippen molar-refractivity contribution in [3.63, 3.8) is 0 Å². The van der Waals surface area contributed by atoms with Crippen LogP contribution in [0.5, 0.6) is 0 Å². The van der Waals surface area contributed by atoms with Gasteiger partial charge in [-0.25, -0.2) is 9.78 Å². The Kier molecular flexibility index (Phi) is 5.26. The van der Waals surface area contributed by atoms with Crippen LogP contribution in [0, 0.1) is 0 Å². The minimum atomic E-state index is -1.14. The van der Waals surface area contributed by atoms with Crippen molar-refractivity contribution in [3.05, 3.63) is 29.6 Å². The number of nitrogens with zero attached hydrogens (tertiary/aromatic N) is 2. The van der Waals surface area contributed by atoms with E-state index < -0.39 is 5.97 Å². The number of carboxylic acid groups (broad SMARTS) is 1. The van der Waals surface area contributed by atoms with E-state index >= 15 is 0 Å². The molecule has 18 heavy (non-hydrogen) atoms. The first kappa shape index (κ1) is 14.1. The molecule has 0 aliphatic rings. The molecule has 0 unspecified atom stereocenters. The van der Waals surface area contributed by atoms with Crippen LogP contribution in [0.1, 0.15) is 27.4 Å². The zero-order valence-corrected chi connectivity index (χ0v) is 10.5. The molecule has 6 nitrogen and oxygen atoms in total. The van der Waals surface area contributed by atoms with Crippen LogP contribution in [-0.4, -0.2) is 54.1 Å². The lowest BCUT2D eigenvalue weighted by atomic mass is 10.2. The van der Waals surface area contributed by atoms with Crippen LogP contribution in [0.3, 0.4) is 0 Å². The number of rotatable bonds is 6. The number of aromatic carboxylic acids is 1. The van der Waals surface area contributed by atoms with Gasteiger partial charge >= 0.3 is 5.97 Å². The summed E-state index contributed by atoms with van der Waals surface area (Å²) in [5.74, 6) is -1.41. The van der Waals surface area contributed by atoms with Crippen LogP contribution >= 0.6 is 0 Å². The fourth-order valence-electron chi connectivity index (χ4n) is 1.46. The van der Waals surface area contributed by atoms with Crippen molar-refractivity contribution < 1.29 is 14.7 Å². The highest BCUT2D eigenvalue weighted by Crippen LogP contribution is 2.03. The van der Waals surface area contributed by atoms with E-state index in [1.807, 2.05) is 7.05 Å². The van der Waals surface area contributed by atoms with Gasteiger partial charge in [0.2, 0.25) is 0 Å². The van der Waals surface area contributed by atoms with Crippen molar-refractivity contribution in [1.29, 1.82) is 0 Å². The van der Waals surface area contributed by atoms with Crippen LogP contribution in [0.2, 0.25) is 0 Å². The largest absolute Gasteiger partial charge is 0.477 e. The number of pyridine rings is 1. The van der Waals surface area contributed by atoms with Gasteiger partial charge < -0.3 is 15.3 Å². The summed E-state index contributed by atoms with van der Waals surface area (Å²) in [6.07, 6.45) is 0.831. The molecule has 2 N–H and O–H groups in total. The predicted molar refractivity (Wildman–Crippen MR) is 66.7 cm³/mol. The molecule has 0 fully saturated rings. The molecule has 0 atom stereocenters. The van der Waals surface area contributed by atoms with Gasteiger partial charge in [-0.2, -0.15) is 0 Å². The maximum absolute atomic E-state index is 12.0. The van der Waals surface area contributed by atoms with E-state index in [-0.39, 0.29) is 17.3 Å². The van der Waals surface area contributed by atoms with E-state index in [1.165, 1.54) is 23.1 Å². The van der Waals surface area contributed by atoms with Crippen LogP contribution < -0.4 is 5.32 Å². The maximum Gasteiger partial charge on any atom is 0.354 e. The van der Waals surface area contributed by atoms with Gasteiger partial charge in [0, 0.05) is 13.6 Å². The molecule has 1 heterocycles. The SMILES string of the molecule is CNCCCN(C)C(=O)c1cccc(C(=O)O)n1. The summed E-state index contributed by atoms with van der Waals surface area (Å²) in [5, 5.41) is 11.8. The van der Waals surface area contributed by atoms with Gasteiger partial charge in [0.25, 0.3) is 5.91 Å². The number of nitrogens with one attached hydrogen (secondary N) is 1. The molecule has 0 aliphatic heterocycles. The molecule has 1 aromatic heterocycles. The molecular formula is C12H17N3O3. The second-order valence-corrected chi connectivity index (χ2v) is 3.90. The molecule has 1 aromatic rings. The van der Waals surface area contributed by atoms with Crippen LogP contribution in [0.15, 0.2) is 18.2 Å². The fraction of sp³-hybridized carbons (Fsp3) is 0.417. The third-order valence-corrected chi connectivity index (χ3v) is 2.45. The first-order chi connectivity index (χ1) is 8.56. The highest BCUT2D eigenvalue weighted by molar-refractivity contribution is 5.94. The van der Waals surface area contributed by atoms with Crippen molar-refractivity contribution in [2.24, 2.45) is 0 Å². The van der Waals surface area contributed by atoms with Gasteiger partial charge in [0.1, 0.15) is 11.4 Å². The zero-order valence-electron chi connectivity index (χ0n) is 10.5. The van der Waals surface area contributed by atoms with Gasteiger partial charge in [-0.15, -0.1) is 0 Å². The molecule has 1 rings (SSSR count). The summed E-state index contributed by atoms with van der Waals surface area (Å²) in [6, 6.07) is 4.40. The van der Waals surface area contributed by atoms with Gasteiger partial charge in [-0.05, 0) is 32.1 Å². The topological polar surface area (TPSA) is 82.5 Å². The van der Waals surface area contributed by atoms with Crippen LogP contribution in [-0.2, 0) is 0 Å². The fourth-order valence-corrected chi connectivity index (χ4v) is 1.46. The summed E-state index contributed by atoms with van der Waals surface area (Å²) in [7, 11) is 3.52. The monoisotopic (exact) mass is 251 g/mol. The summed E-state index contributed by atoms with van der Waals surface area (Å²) in [5.41, 5.74) is 0.0336. The van der Waals surface area contributed by atoms with Gasteiger partial charge in [-0.3, -0.25) is 4.79 Å². The number of hydrogen-bond acceptors (Lipinski definition) is 4. The lowest BCUT2D eigenvalue weighted by Crippen LogP contribution is -2.30. The summed E-state index contributed by atoms with van der Waals surface area (Å²) < 4.78 is 0. The van der Waals surface area contributed by atoms with E-state index in [9.17, 15) is 9.59 Å². The average Bonchev–Trinajstić information content (AvgIpc) is 2.38. The Morgan fingerprint density at radius 3 is 2.67 bits per heavy atom. The van der Waals surface area contributed by atoms with Crippen molar-refractivity contribution in [3.8, 4) is 0 Å². The van der Waals surface area contributed by atoms with Crippen molar-refractivity contribution in [2.45, 2.75) is 6.42 Å². The maximum atomic E-state index is 12.0. The Morgan fingerprint density at radius 2 is 2.06 bits per heavy atom. The van der Waals surface area contributed by atoms with Crippen LogP contribution in [0.4, 0.5) is 0 Å². The van der Waals surface area contributed by atoms with E-state index in [4.69, 9.17) is 5.11 Å². The molecule has 0 saturated heterocycles. The average molecular weight is 251 g/mol. The lowest BCUT2D eigenvalue weighted by Gasteiger charge is -2.16. The van der Waals surface area contributed by atoms with Gasteiger partial charge in [0.05, 0.1) is 0 Å². The van der Waals surface area contributed by atoms with Gasteiger partial charge in [-0.1, -0.05) is 6.07 Å². The highest BCUT2D eigenvalue weighted by Gasteiger charge is 2.14. The van der Waals surface area contributed by atoms with E-state index in [2.05, 4.69) is 10.3 Å². The third kappa shape index (κ3) is 3.81. The Morgan fingerprint density at radius 1 is 1.39 bits per heavy atom. The first-order valence-corrected chi connectivity index (χ1v) is 5.66. The quantitative estimate of drug-likeness (QED) is 0.718. The smallest absolute Gasteiger partial charge is 0.354 e. The standard InChI is InChI=1S/C12H17N3O3/c1-13-7-4-8-15(2)11(16)9-5-3-6-10(14-9)12(17)18/h3,5-6,13H,4,7-8H2,1-2H3,(H,17,18). The minimum Gasteiger partial charge on any atom is -0.477 e. The Balaban J connectivity index is 2.71. The highest BCUT2D eigenvalue weighted by atomic mass is 16.4. The number of hydrogen-bond donors (Lipinski definition) is 2. The molecule has 0 saturated carbocycles. The summed E-state index contributed by atoms with van der Waals surface area (Å²) in [4.78, 5) is 28.1. The number of carboxylic acids is 1. The number of aromatic nitrogens is 1. The Hall–Kier alpha value is -1.95. The Bertz CT molecular complexity index is 434. The number of amides is 1. The third-order valence-electron chi connectivity index (χ3n) is 2.45. The number of carbonyl (C=O) groups is 2. The van der Waals surface area contributed by atoms with Crippen molar-refractivity contribution >= 4 is 11.9 Å². The summed E-state index contributed by atoms with van der Waals surface area (Å²) in [6.45, 7) is 1.42. The molecule has 1 amide bonds. The Labute approximate surface area is 106 Å². The first-order valence-electron chi connectivity index (χ1n) is 5.66. The van der Waals surface area contributed by atoms with E-state index in [0.29, 0.717) is 6.54 Å². The second kappa shape index (κ2) is 6.70. The molecule has 0 spiro atoms. The van der Waals surface area contributed by atoms with Crippen molar-refractivity contribution in [2.75, 3.05) is 27.2 Å². The molecule has 0 aromatic carbocycles. The summed E-state index contributed by atoms with van der Waals surface area (Å²) >= 11 is 0. The van der Waals surface area contributed by atoms with Gasteiger partial charge in [0.15, 0.2) is 0 Å². The minimum absolute atomic E-state index is 0.121. The molecule has 6 heteroatoms. The van der Waals surface area contributed by atoms with Crippen LogP contribution in [0.25, 0.3) is 0 Å². The number of carbonyl (C=O) groups excluding carboxylic acids is 1. The van der Waals surface area contributed by atoms with Crippen molar-refractivity contribution in [1.82, 2.24) is 15.2 Å². The predicted octanol–water partition coefficient (Wildman–Crippen LogP) is 0.461. The molecule has 0 bridgehead atoms. The molecule has 0 radical (unpaired) electrons. The van der Waals surface area contributed by atoms with E-state index in [0.717, 1.165) is 13.0 Å². The normalized spacial score (nSPS) is 10.1.